The first-order valence-electron chi connectivity index (χ1n) is 8.45. The molecule has 0 spiro atoms. The second kappa shape index (κ2) is 9.21. The molecule has 0 unspecified atom stereocenters. The lowest BCUT2D eigenvalue weighted by atomic mass is 10.2. The van der Waals surface area contributed by atoms with E-state index in [1.165, 1.54) is 11.3 Å². The summed E-state index contributed by atoms with van der Waals surface area (Å²) in [4.78, 5) is 29.4. The van der Waals surface area contributed by atoms with E-state index in [0.717, 1.165) is 43.4 Å². The minimum Gasteiger partial charge on any atom is -0.466 e. The standard InChI is InChI=1S/C18H23N3O3S.ClH/c1-13-12-15(14(2)24-13)17(22)19-5-6-20-7-9-21(10-8-20)18(23)16-4-3-11-25-16;/h3-4,11-12H,5-10H2,1-2H3,(H,19,22);1H. The maximum Gasteiger partial charge on any atom is 0.264 e. The predicted octanol–water partition coefficient (Wildman–Crippen LogP) is 2.57. The quantitative estimate of drug-likeness (QED) is 0.842. The van der Waals surface area contributed by atoms with E-state index in [0.29, 0.717) is 17.9 Å². The Morgan fingerprint density at radius 1 is 1.23 bits per heavy atom. The third-order valence-corrected chi connectivity index (χ3v) is 5.25. The van der Waals surface area contributed by atoms with Gasteiger partial charge in [-0.25, -0.2) is 0 Å². The molecule has 1 fully saturated rings. The van der Waals surface area contributed by atoms with Crippen molar-refractivity contribution in [1.82, 2.24) is 15.1 Å². The largest absolute Gasteiger partial charge is 0.466 e. The summed E-state index contributed by atoms with van der Waals surface area (Å²) < 4.78 is 5.39. The number of thiophene rings is 1. The Bertz CT molecular complexity index is 737. The van der Waals surface area contributed by atoms with Gasteiger partial charge in [-0.2, -0.15) is 0 Å². The Kier molecular flexibility index (Phi) is 7.25. The van der Waals surface area contributed by atoms with Crippen LogP contribution in [0.1, 0.15) is 31.6 Å². The molecule has 2 aromatic heterocycles. The van der Waals surface area contributed by atoms with Gasteiger partial charge in [0.2, 0.25) is 0 Å². The summed E-state index contributed by atoms with van der Waals surface area (Å²) in [6.07, 6.45) is 0. The fraction of sp³-hybridized carbons (Fsp3) is 0.444. The van der Waals surface area contributed by atoms with Gasteiger partial charge in [0.15, 0.2) is 0 Å². The fourth-order valence-electron chi connectivity index (χ4n) is 3.01. The van der Waals surface area contributed by atoms with Gasteiger partial charge in [-0.15, -0.1) is 23.7 Å². The number of piperazine rings is 1. The lowest BCUT2D eigenvalue weighted by Crippen LogP contribution is -2.50. The molecule has 3 heterocycles. The molecule has 1 saturated heterocycles. The predicted molar refractivity (Wildman–Crippen MR) is 104 cm³/mol. The molecule has 2 amide bonds. The number of hydrogen-bond acceptors (Lipinski definition) is 5. The molecule has 0 atom stereocenters. The molecule has 8 heteroatoms. The minimum absolute atomic E-state index is 0. The molecule has 1 N–H and O–H groups in total. The second-order valence-electron chi connectivity index (χ2n) is 6.19. The van der Waals surface area contributed by atoms with E-state index in [9.17, 15) is 9.59 Å². The normalized spacial score (nSPS) is 14.8. The average molecular weight is 398 g/mol. The van der Waals surface area contributed by atoms with Gasteiger partial charge in [-0.3, -0.25) is 14.5 Å². The van der Waals surface area contributed by atoms with E-state index in [2.05, 4.69) is 10.2 Å². The number of nitrogens with zero attached hydrogens (tertiary/aromatic N) is 2. The topological polar surface area (TPSA) is 65.8 Å². The number of nitrogens with one attached hydrogen (secondary N) is 1. The minimum atomic E-state index is -0.0964. The van der Waals surface area contributed by atoms with Gasteiger partial charge in [0.25, 0.3) is 11.8 Å². The van der Waals surface area contributed by atoms with Crippen molar-refractivity contribution >= 4 is 35.6 Å². The van der Waals surface area contributed by atoms with Crippen LogP contribution in [0.15, 0.2) is 28.0 Å². The molecule has 1 aliphatic heterocycles. The van der Waals surface area contributed by atoms with E-state index in [1.807, 2.05) is 29.3 Å². The molecule has 3 rings (SSSR count). The van der Waals surface area contributed by atoms with E-state index in [1.54, 1.807) is 13.0 Å². The zero-order valence-corrected chi connectivity index (χ0v) is 16.6. The Labute approximate surface area is 163 Å². The van der Waals surface area contributed by atoms with Gasteiger partial charge in [0, 0.05) is 39.3 Å². The van der Waals surface area contributed by atoms with Crippen molar-refractivity contribution < 1.29 is 14.0 Å². The van der Waals surface area contributed by atoms with E-state index < -0.39 is 0 Å². The van der Waals surface area contributed by atoms with Crippen LogP contribution < -0.4 is 5.32 Å². The van der Waals surface area contributed by atoms with E-state index >= 15 is 0 Å². The van der Waals surface area contributed by atoms with Crippen LogP contribution in [0.5, 0.6) is 0 Å². The molecular formula is C18H24ClN3O3S. The molecule has 142 valence electrons. The van der Waals surface area contributed by atoms with E-state index in [4.69, 9.17) is 4.42 Å². The summed E-state index contributed by atoms with van der Waals surface area (Å²) in [5.74, 6) is 1.42. The number of halogens is 1. The van der Waals surface area contributed by atoms with Gasteiger partial charge in [0.1, 0.15) is 11.5 Å². The van der Waals surface area contributed by atoms with Gasteiger partial charge in [-0.05, 0) is 31.4 Å². The SMILES string of the molecule is Cc1cc(C(=O)NCCN2CCN(C(=O)c3cccs3)CC2)c(C)o1.Cl. The Hall–Kier alpha value is -1.83. The van der Waals surface area contributed by atoms with Crippen molar-refractivity contribution in [3.8, 4) is 0 Å². The van der Waals surface area contributed by atoms with Crippen molar-refractivity contribution in [2.75, 3.05) is 39.3 Å². The van der Waals surface area contributed by atoms with Crippen molar-refractivity contribution in [3.05, 3.63) is 45.5 Å². The molecule has 1 aliphatic rings. The first kappa shape index (κ1) is 20.5. The van der Waals surface area contributed by atoms with Gasteiger partial charge >= 0.3 is 0 Å². The second-order valence-corrected chi connectivity index (χ2v) is 7.14. The number of rotatable bonds is 5. The van der Waals surface area contributed by atoms with Crippen molar-refractivity contribution in [2.45, 2.75) is 13.8 Å². The smallest absolute Gasteiger partial charge is 0.264 e. The van der Waals surface area contributed by atoms with Crippen molar-refractivity contribution in [1.29, 1.82) is 0 Å². The molecule has 0 saturated carbocycles. The summed E-state index contributed by atoms with van der Waals surface area (Å²) in [5, 5.41) is 4.86. The lowest BCUT2D eigenvalue weighted by molar-refractivity contribution is 0.0643. The Balaban J connectivity index is 0.00000243. The summed E-state index contributed by atoms with van der Waals surface area (Å²) in [6, 6.07) is 5.54. The summed E-state index contributed by atoms with van der Waals surface area (Å²) >= 11 is 1.48. The third-order valence-electron chi connectivity index (χ3n) is 4.39. The number of carbonyl (C=O) groups excluding carboxylic acids is 2. The summed E-state index contributed by atoms with van der Waals surface area (Å²) in [6.45, 7) is 8.11. The monoisotopic (exact) mass is 397 g/mol. The molecule has 26 heavy (non-hydrogen) atoms. The van der Waals surface area contributed by atoms with Crippen LogP contribution in [0.25, 0.3) is 0 Å². The van der Waals surface area contributed by atoms with Gasteiger partial charge in [0.05, 0.1) is 10.4 Å². The van der Waals surface area contributed by atoms with Crippen LogP contribution in [-0.2, 0) is 0 Å². The number of furan rings is 1. The Morgan fingerprint density at radius 3 is 2.54 bits per heavy atom. The zero-order valence-electron chi connectivity index (χ0n) is 15.0. The first-order chi connectivity index (χ1) is 12.0. The Morgan fingerprint density at radius 2 is 1.96 bits per heavy atom. The molecule has 0 aromatic carbocycles. The van der Waals surface area contributed by atoms with Crippen molar-refractivity contribution in [2.24, 2.45) is 0 Å². The van der Waals surface area contributed by atoms with Crippen LogP contribution >= 0.6 is 23.7 Å². The molecule has 0 radical (unpaired) electrons. The van der Waals surface area contributed by atoms with Crippen LogP contribution in [0.4, 0.5) is 0 Å². The molecule has 0 aliphatic carbocycles. The summed E-state index contributed by atoms with van der Waals surface area (Å²) in [7, 11) is 0. The summed E-state index contributed by atoms with van der Waals surface area (Å²) in [5.41, 5.74) is 0.601. The zero-order chi connectivity index (χ0) is 17.8. The highest BCUT2D eigenvalue weighted by Crippen LogP contribution is 2.14. The maximum atomic E-state index is 12.3. The van der Waals surface area contributed by atoms with E-state index in [-0.39, 0.29) is 24.2 Å². The average Bonchev–Trinajstić information content (AvgIpc) is 3.24. The highest BCUT2D eigenvalue weighted by Gasteiger charge is 2.22. The highest BCUT2D eigenvalue weighted by atomic mass is 35.5. The van der Waals surface area contributed by atoms with Crippen LogP contribution in [0, 0.1) is 13.8 Å². The van der Waals surface area contributed by atoms with Crippen LogP contribution in [0.2, 0.25) is 0 Å². The molecular weight excluding hydrogens is 374 g/mol. The van der Waals surface area contributed by atoms with Crippen LogP contribution in [-0.4, -0.2) is 60.9 Å². The molecule has 2 aromatic rings. The fourth-order valence-corrected chi connectivity index (χ4v) is 3.70. The highest BCUT2D eigenvalue weighted by molar-refractivity contribution is 7.12. The van der Waals surface area contributed by atoms with Gasteiger partial charge < -0.3 is 14.6 Å². The maximum absolute atomic E-state index is 12.3. The van der Waals surface area contributed by atoms with Crippen molar-refractivity contribution in [3.63, 3.8) is 0 Å². The number of hydrogen-bond donors (Lipinski definition) is 1. The number of carbonyl (C=O) groups is 2. The molecule has 6 nitrogen and oxygen atoms in total. The third kappa shape index (κ3) is 4.87. The lowest BCUT2D eigenvalue weighted by Gasteiger charge is -2.34. The number of aryl methyl sites for hydroxylation is 2. The van der Waals surface area contributed by atoms with Crippen LogP contribution in [0.3, 0.4) is 0 Å². The molecule has 0 bridgehead atoms. The number of amides is 2. The first-order valence-corrected chi connectivity index (χ1v) is 9.33. The van der Waals surface area contributed by atoms with Gasteiger partial charge in [-0.1, -0.05) is 6.07 Å².